The first-order valence-corrected chi connectivity index (χ1v) is 10.6. The summed E-state index contributed by atoms with van der Waals surface area (Å²) in [5, 5.41) is 5.06. The van der Waals surface area contributed by atoms with Gasteiger partial charge in [-0.1, -0.05) is 23.7 Å². The third kappa shape index (κ3) is 5.10. The van der Waals surface area contributed by atoms with Crippen LogP contribution in [0.2, 0.25) is 5.02 Å². The maximum Gasteiger partial charge on any atom is 0.242 e. The van der Waals surface area contributed by atoms with Gasteiger partial charge in [0.25, 0.3) is 0 Å². The highest BCUT2D eigenvalue weighted by molar-refractivity contribution is 7.89. The van der Waals surface area contributed by atoms with E-state index in [1.54, 1.807) is 24.5 Å². The lowest BCUT2D eigenvalue weighted by Gasteiger charge is -2.08. The van der Waals surface area contributed by atoms with Crippen molar-refractivity contribution in [2.45, 2.75) is 11.3 Å². The van der Waals surface area contributed by atoms with E-state index in [4.69, 9.17) is 11.6 Å². The number of benzene rings is 1. The Morgan fingerprint density at radius 1 is 1.15 bits per heavy atom. The Morgan fingerprint density at radius 2 is 1.89 bits per heavy atom. The molecule has 0 aliphatic carbocycles. The number of rotatable bonds is 7. The molecule has 0 spiro atoms. The Bertz CT molecular complexity index is 1040. The van der Waals surface area contributed by atoms with Gasteiger partial charge in [-0.3, -0.25) is 9.78 Å². The highest BCUT2D eigenvalue weighted by atomic mass is 35.5. The quantitative estimate of drug-likeness (QED) is 0.609. The van der Waals surface area contributed by atoms with Crippen molar-refractivity contribution in [2.24, 2.45) is 0 Å². The molecule has 0 aliphatic heterocycles. The van der Waals surface area contributed by atoms with E-state index in [9.17, 15) is 13.2 Å². The van der Waals surface area contributed by atoms with Crippen LogP contribution in [0.15, 0.2) is 59.1 Å². The van der Waals surface area contributed by atoms with Crippen LogP contribution in [-0.4, -0.2) is 30.8 Å². The number of hydrogen-bond acceptors (Lipinski definition) is 6. The normalized spacial score (nSPS) is 11.3. The van der Waals surface area contributed by atoms with Crippen molar-refractivity contribution < 1.29 is 13.2 Å². The molecule has 0 aliphatic rings. The zero-order chi connectivity index (χ0) is 19.3. The van der Waals surface area contributed by atoms with Gasteiger partial charge in [0.15, 0.2) is 5.13 Å². The molecule has 2 N–H and O–H groups in total. The summed E-state index contributed by atoms with van der Waals surface area (Å²) in [4.78, 5) is 20.3. The second kappa shape index (κ2) is 8.57. The van der Waals surface area contributed by atoms with E-state index in [0.717, 1.165) is 11.3 Å². The van der Waals surface area contributed by atoms with Gasteiger partial charge < -0.3 is 5.32 Å². The Morgan fingerprint density at radius 3 is 2.63 bits per heavy atom. The van der Waals surface area contributed by atoms with Crippen LogP contribution in [0.25, 0.3) is 11.3 Å². The second-order valence-electron chi connectivity index (χ2n) is 5.40. The summed E-state index contributed by atoms with van der Waals surface area (Å²) in [7, 11) is -3.77. The molecule has 3 aromatic rings. The Labute approximate surface area is 165 Å². The number of nitrogens with one attached hydrogen (secondary N) is 2. The molecule has 10 heteroatoms. The van der Waals surface area contributed by atoms with Crippen LogP contribution in [-0.2, 0) is 14.8 Å². The van der Waals surface area contributed by atoms with Gasteiger partial charge in [0.05, 0.1) is 10.7 Å². The summed E-state index contributed by atoms with van der Waals surface area (Å²) >= 11 is 7.19. The van der Waals surface area contributed by atoms with Gasteiger partial charge in [-0.15, -0.1) is 11.3 Å². The predicted octanol–water partition coefficient (Wildman–Crippen LogP) is 3.17. The zero-order valence-corrected chi connectivity index (χ0v) is 16.3. The fourth-order valence-corrected chi connectivity index (χ4v) is 4.49. The number of pyridine rings is 1. The second-order valence-corrected chi connectivity index (χ2v) is 8.40. The average molecular weight is 423 g/mol. The first-order valence-electron chi connectivity index (χ1n) is 7.86. The molecule has 140 valence electrons. The molecular formula is C17H15ClN4O3S2. The largest absolute Gasteiger partial charge is 0.302 e. The number of anilines is 1. The van der Waals surface area contributed by atoms with Crippen LogP contribution in [0, 0.1) is 0 Å². The van der Waals surface area contributed by atoms with Crippen molar-refractivity contribution in [3.8, 4) is 11.3 Å². The van der Waals surface area contributed by atoms with E-state index in [1.807, 2.05) is 17.5 Å². The number of thiazole rings is 1. The predicted molar refractivity (Wildman–Crippen MR) is 105 cm³/mol. The van der Waals surface area contributed by atoms with Crippen molar-refractivity contribution in [2.75, 3.05) is 11.9 Å². The van der Waals surface area contributed by atoms with E-state index >= 15 is 0 Å². The molecule has 0 bridgehead atoms. The first kappa shape index (κ1) is 19.4. The van der Waals surface area contributed by atoms with Gasteiger partial charge in [-0.25, -0.2) is 18.1 Å². The minimum atomic E-state index is -3.77. The summed E-state index contributed by atoms with van der Waals surface area (Å²) in [6.07, 6.45) is 3.30. The van der Waals surface area contributed by atoms with E-state index in [1.165, 1.54) is 23.5 Å². The third-order valence-electron chi connectivity index (χ3n) is 3.50. The van der Waals surface area contributed by atoms with Crippen LogP contribution in [0.1, 0.15) is 6.42 Å². The Balaban J connectivity index is 1.53. The summed E-state index contributed by atoms with van der Waals surface area (Å²) < 4.78 is 26.8. The molecule has 0 saturated heterocycles. The minimum absolute atomic E-state index is 0.0195. The summed E-state index contributed by atoms with van der Waals surface area (Å²) in [6.45, 7) is -0.0536. The molecule has 2 aromatic heterocycles. The molecule has 0 fully saturated rings. The number of carbonyl (C=O) groups excluding carboxylic acids is 1. The van der Waals surface area contributed by atoms with Crippen LogP contribution in [0.5, 0.6) is 0 Å². The lowest BCUT2D eigenvalue weighted by Crippen LogP contribution is -2.28. The monoisotopic (exact) mass is 422 g/mol. The number of carbonyl (C=O) groups is 1. The Hall–Kier alpha value is -2.33. The summed E-state index contributed by atoms with van der Waals surface area (Å²) in [5.74, 6) is -0.340. The van der Waals surface area contributed by atoms with Gasteiger partial charge in [-0.05, 0) is 24.3 Å². The van der Waals surface area contributed by atoms with Crippen molar-refractivity contribution in [1.82, 2.24) is 14.7 Å². The number of hydrogen-bond donors (Lipinski definition) is 2. The van der Waals surface area contributed by atoms with Gasteiger partial charge >= 0.3 is 0 Å². The summed E-state index contributed by atoms with van der Waals surface area (Å²) in [6, 6.07) is 9.76. The Kier molecular flexibility index (Phi) is 6.17. The zero-order valence-electron chi connectivity index (χ0n) is 13.9. The minimum Gasteiger partial charge on any atom is -0.302 e. The maximum absolute atomic E-state index is 12.2. The smallest absolute Gasteiger partial charge is 0.242 e. The highest BCUT2D eigenvalue weighted by Crippen LogP contribution is 2.24. The molecule has 2 heterocycles. The van der Waals surface area contributed by atoms with Gasteiger partial charge in [0.2, 0.25) is 15.9 Å². The molecule has 3 rings (SSSR count). The van der Waals surface area contributed by atoms with Crippen LogP contribution in [0.3, 0.4) is 0 Å². The molecule has 0 atom stereocenters. The van der Waals surface area contributed by atoms with E-state index < -0.39 is 10.0 Å². The van der Waals surface area contributed by atoms with Crippen molar-refractivity contribution in [3.63, 3.8) is 0 Å². The van der Waals surface area contributed by atoms with Crippen LogP contribution >= 0.6 is 22.9 Å². The van der Waals surface area contributed by atoms with Crippen molar-refractivity contribution in [3.05, 3.63) is 59.2 Å². The first-order chi connectivity index (χ1) is 13.0. The van der Waals surface area contributed by atoms with Crippen molar-refractivity contribution in [1.29, 1.82) is 0 Å². The number of halogens is 1. The average Bonchev–Trinajstić information content (AvgIpc) is 3.11. The maximum atomic E-state index is 12.2. The van der Waals surface area contributed by atoms with E-state index in [-0.39, 0.29) is 28.8 Å². The molecular weight excluding hydrogens is 408 g/mol. The highest BCUT2D eigenvalue weighted by Gasteiger charge is 2.17. The molecule has 1 amide bonds. The van der Waals surface area contributed by atoms with E-state index in [0.29, 0.717) is 5.13 Å². The standard InChI is InChI=1S/C17H15ClN4O3S2/c18-13-3-1-2-4-15(13)27(24,25)20-10-7-16(23)22-17-21-14(11-26-17)12-5-8-19-9-6-12/h1-6,8-9,11,20H,7,10H2,(H,21,22,23). The van der Waals surface area contributed by atoms with Crippen LogP contribution < -0.4 is 10.0 Å². The number of nitrogens with zero attached hydrogens (tertiary/aromatic N) is 2. The fraction of sp³-hybridized carbons (Fsp3) is 0.118. The van der Waals surface area contributed by atoms with Gasteiger partial charge in [0, 0.05) is 36.3 Å². The SMILES string of the molecule is O=C(CCNS(=O)(=O)c1ccccc1Cl)Nc1nc(-c2ccncc2)cs1. The number of aromatic nitrogens is 2. The summed E-state index contributed by atoms with van der Waals surface area (Å²) in [5.41, 5.74) is 1.63. The molecule has 1 aromatic carbocycles. The lowest BCUT2D eigenvalue weighted by atomic mass is 10.2. The van der Waals surface area contributed by atoms with Gasteiger partial charge in [0.1, 0.15) is 4.90 Å². The molecule has 0 saturated carbocycles. The topological polar surface area (TPSA) is 101 Å². The van der Waals surface area contributed by atoms with Crippen molar-refractivity contribution >= 4 is 44.0 Å². The molecule has 27 heavy (non-hydrogen) atoms. The molecule has 0 unspecified atom stereocenters. The van der Waals surface area contributed by atoms with E-state index in [2.05, 4.69) is 20.0 Å². The third-order valence-corrected chi connectivity index (χ3v) is 6.22. The fourth-order valence-electron chi connectivity index (χ4n) is 2.21. The molecule has 7 nitrogen and oxygen atoms in total. The lowest BCUT2D eigenvalue weighted by molar-refractivity contribution is -0.116. The number of amides is 1. The molecule has 0 radical (unpaired) electrons. The number of sulfonamides is 1. The van der Waals surface area contributed by atoms with Crippen LogP contribution in [0.4, 0.5) is 5.13 Å². The van der Waals surface area contributed by atoms with Gasteiger partial charge in [-0.2, -0.15) is 0 Å².